The summed E-state index contributed by atoms with van der Waals surface area (Å²) in [6.07, 6.45) is -5.05. The second-order valence-electron chi connectivity index (χ2n) is 12.3. The van der Waals surface area contributed by atoms with E-state index in [4.69, 9.17) is 28.4 Å². The molecule has 12 nitrogen and oxygen atoms in total. The summed E-state index contributed by atoms with van der Waals surface area (Å²) < 4.78 is 106. The summed E-state index contributed by atoms with van der Waals surface area (Å²) >= 11 is 1.18. The number of hydrogen-bond acceptors (Lipinski definition) is 12. The number of benzene rings is 3. The number of nitrogens with zero attached hydrogens (tertiary/aromatic N) is 3. The molecule has 3 aromatic carbocycles. The van der Waals surface area contributed by atoms with E-state index in [0.29, 0.717) is 52.1 Å². The zero-order chi connectivity index (χ0) is 40.1. The van der Waals surface area contributed by atoms with E-state index < -0.39 is 59.4 Å². The van der Waals surface area contributed by atoms with Crippen LogP contribution in [-0.2, 0) is 22.6 Å². The molecule has 55 heavy (non-hydrogen) atoms. The molecule has 2 unspecified atom stereocenters. The molecule has 0 aliphatic carbocycles. The van der Waals surface area contributed by atoms with Crippen LogP contribution in [0, 0.1) is 11.6 Å². The zero-order valence-corrected chi connectivity index (χ0v) is 31.4. The number of halogens is 5. The normalized spacial score (nSPS) is 18.3. The van der Waals surface area contributed by atoms with Crippen LogP contribution in [0.3, 0.4) is 0 Å². The minimum atomic E-state index is -5.10. The molecule has 5 rings (SSSR count). The van der Waals surface area contributed by atoms with Gasteiger partial charge in [0.15, 0.2) is 17.2 Å². The van der Waals surface area contributed by atoms with Gasteiger partial charge in [-0.1, -0.05) is 12.1 Å². The van der Waals surface area contributed by atoms with Gasteiger partial charge in [-0.15, -0.1) is 0 Å². The second kappa shape index (κ2) is 16.8. The quantitative estimate of drug-likeness (QED) is 0.0997. The van der Waals surface area contributed by atoms with Gasteiger partial charge in [-0.2, -0.15) is 17.6 Å². The van der Waals surface area contributed by atoms with Crippen molar-refractivity contribution in [2.24, 2.45) is 0 Å². The number of alkyl halides is 3. The Morgan fingerprint density at radius 1 is 0.873 bits per heavy atom. The predicted molar refractivity (Wildman–Crippen MR) is 193 cm³/mol. The van der Waals surface area contributed by atoms with Crippen LogP contribution in [0.4, 0.5) is 33.3 Å². The van der Waals surface area contributed by atoms with E-state index in [2.05, 4.69) is 10.3 Å². The van der Waals surface area contributed by atoms with E-state index in [0.717, 1.165) is 31.4 Å². The molecule has 2 atom stereocenters. The van der Waals surface area contributed by atoms with Crippen LogP contribution >= 0.6 is 11.9 Å². The van der Waals surface area contributed by atoms with Gasteiger partial charge in [0.05, 0.1) is 47.8 Å². The molecular weight excluding hydrogens is 755 g/mol. The molecule has 0 bridgehead atoms. The molecule has 0 radical (unpaired) electrons. The molecule has 18 heteroatoms. The number of nitrogens with one attached hydrogen (secondary N) is 1. The third-order valence-electron chi connectivity index (χ3n) is 9.08. The number of hydrogen-bond donors (Lipinski definition) is 2. The van der Waals surface area contributed by atoms with Gasteiger partial charge in [-0.05, 0) is 48.3 Å². The molecule has 1 fully saturated rings. The number of rotatable bonds is 15. The Morgan fingerprint density at radius 2 is 1.47 bits per heavy atom. The van der Waals surface area contributed by atoms with E-state index in [1.807, 2.05) is 16.4 Å². The third kappa shape index (κ3) is 8.46. The summed E-state index contributed by atoms with van der Waals surface area (Å²) in [6.45, 7) is -0.562. The molecule has 0 saturated carbocycles. The number of pyridine rings is 1. The Hall–Kier alpha value is -5.04. The van der Waals surface area contributed by atoms with Gasteiger partial charge in [0.1, 0.15) is 28.0 Å². The van der Waals surface area contributed by atoms with Crippen molar-refractivity contribution in [2.45, 2.75) is 42.0 Å². The lowest BCUT2D eigenvalue weighted by Crippen LogP contribution is -2.53. The van der Waals surface area contributed by atoms with E-state index in [1.165, 1.54) is 58.7 Å². The Kier molecular flexibility index (Phi) is 12.5. The van der Waals surface area contributed by atoms with Crippen molar-refractivity contribution >= 4 is 29.2 Å². The average molecular weight is 795 g/mol. The van der Waals surface area contributed by atoms with Gasteiger partial charge in [0, 0.05) is 61.8 Å². The van der Waals surface area contributed by atoms with E-state index in [9.17, 15) is 31.9 Å². The number of carbonyl (C=O) groups excluding carboxylic acids is 1. The van der Waals surface area contributed by atoms with Gasteiger partial charge in [-0.3, -0.25) is 4.79 Å². The highest BCUT2D eigenvalue weighted by atomic mass is 32.2. The summed E-state index contributed by atoms with van der Waals surface area (Å²) in [4.78, 5) is 19.0. The van der Waals surface area contributed by atoms with Gasteiger partial charge in [0.25, 0.3) is 5.91 Å². The molecule has 1 aromatic heterocycles. The molecule has 2 N–H and O–H groups in total. The van der Waals surface area contributed by atoms with Gasteiger partial charge in [0.2, 0.25) is 11.5 Å². The Bertz CT molecular complexity index is 1950. The molecule has 1 aliphatic heterocycles. The van der Waals surface area contributed by atoms with Crippen LogP contribution in [0.25, 0.3) is 0 Å². The zero-order valence-electron chi connectivity index (χ0n) is 30.6. The van der Waals surface area contributed by atoms with Crippen LogP contribution < -0.4 is 33.9 Å². The lowest BCUT2D eigenvalue weighted by Gasteiger charge is -2.34. The van der Waals surface area contributed by atoms with Crippen LogP contribution in [0.2, 0.25) is 0 Å². The molecule has 1 saturated heterocycles. The molecular formula is C37H39F5N4O8S. The minimum absolute atomic E-state index is 0.0547. The number of amides is 1. The van der Waals surface area contributed by atoms with E-state index >= 15 is 0 Å². The molecule has 4 aromatic rings. The first kappa shape index (κ1) is 41.1. The van der Waals surface area contributed by atoms with E-state index in [1.54, 1.807) is 24.3 Å². The smallest absolute Gasteiger partial charge is 0.419 e. The summed E-state index contributed by atoms with van der Waals surface area (Å²) in [5, 5.41) is 14.7. The number of aliphatic hydroxyl groups is 1. The largest absolute Gasteiger partial charge is 0.497 e. The second-order valence-corrected chi connectivity index (χ2v) is 13.4. The van der Waals surface area contributed by atoms with E-state index in [-0.39, 0.29) is 5.69 Å². The summed E-state index contributed by atoms with van der Waals surface area (Å²) in [6, 6.07) is 15.1. The first-order valence-corrected chi connectivity index (χ1v) is 17.2. The monoisotopic (exact) mass is 794 g/mol. The van der Waals surface area contributed by atoms with Crippen molar-refractivity contribution in [3.8, 4) is 28.7 Å². The van der Waals surface area contributed by atoms with Crippen LogP contribution in [0.15, 0.2) is 71.9 Å². The maximum atomic E-state index is 14.8. The fraction of sp³-hybridized carbons (Fsp3) is 0.351. The molecule has 2 heterocycles. The highest BCUT2D eigenvalue weighted by Gasteiger charge is 2.68. The minimum Gasteiger partial charge on any atom is -0.497 e. The van der Waals surface area contributed by atoms with Gasteiger partial charge in [-0.25, -0.2) is 13.7 Å². The highest BCUT2D eigenvalue weighted by molar-refractivity contribution is 7.96. The third-order valence-corrected chi connectivity index (χ3v) is 10.0. The van der Waals surface area contributed by atoms with Crippen LogP contribution in [0.1, 0.15) is 17.5 Å². The summed E-state index contributed by atoms with van der Waals surface area (Å²) in [5.74, 6) is -2.72. The van der Waals surface area contributed by atoms with Crippen molar-refractivity contribution in [3.05, 3.63) is 89.6 Å². The summed E-state index contributed by atoms with van der Waals surface area (Å²) in [7, 11) is 7.89. The number of carbonyl (C=O) groups is 1. The maximum Gasteiger partial charge on any atom is 0.419 e. The van der Waals surface area contributed by atoms with Crippen LogP contribution in [-0.4, -0.2) is 87.0 Å². The fourth-order valence-corrected chi connectivity index (χ4v) is 7.12. The summed E-state index contributed by atoms with van der Waals surface area (Å²) in [5.41, 5.74) is -4.96. The van der Waals surface area contributed by atoms with Crippen molar-refractivity contribution in [1.29, 1.82) is 0 Å². The fourth-order valence-electron chi connectivity index (χ4n) is 6.16. The molecule has 1 aliphatic rings. The SMILES string of the molecule is COc1ccc(CN(Cc2ccc(OC)cc2OC)Sc2cc(NC(=O)C3(O)CC(OC)(C(F)(F)F)CN3c3ccc(F)c(F)c3OC)ccn2)c(OC)c1. The maximum absolute atomic E-state index is 14.8. The molecule has 1 amide bonds. The number of ether oxygens (including phenoxy) is 6. The number of methoxy groups -OCH3 is 6. The first-order chi connectivity index (χ1) is 26.1. The highest BCUT2D eigenvalue weighted by Crippen LogP contribution is 2.50. The van der Waals surface area contributed by atoms with Crippen molar-refractivity contribution in [3.63, 3.8) is 0 Å². The Labute approximate surface area is 318 Å². The number of aromatic nitrogens is 1. The lowest BCUT2D eigenvalue weighted by atomic mass is 9.96. The van der Waals surface area contributed by atoms with Crippen molar-refractivity contribution < 1.29 is 60.3 Å². The standard InChI is InChI=1S/C37H39F5N4O8S/c1-49-25-9-7-22(29(16-25)51-3)18-45(19-23-8-10-26(50-2)17-30(23)52-4)55-31-15-24(13-14-43-31)44-34(47)36(48)20-35(54-6,37(40,41)42)21-46(36)28-12-11-27(38)32(39)33(28)53-5/h7-17,48H,18-21H2,1-6H3,(H,43,44,47). The Balaban J connectivity index is 1.48. The van der Waals surface area contributed by atoms with Crippen LogP contribution in [0.5, 0.6) is 28.7 Å². The van der Waals surface area contributed by atoms with Gasteiger partial charge < -0.3 is 43.7 Å². The predicted octanol–water partition coefficient (Wildman–Crippen LogP) is 6.60. The van der Waals surface area contributed by atoms with Crippen molar-refractivity contribution in [1.82, 2.24) is 9.29 Å². The topological polar surface area (TPSA) is 124 Å². The first-order valence-electron chi connectivity index (χ1n) is 16.4. The van der Waals surface area contributed by atoms with Gasteiger partial charge >= 0.3 is 6.18 Å². The average Bonchev–Trinajstić information content (AvgIpc) is 3.51. The number of anilines is 2. The Morgan fingerprint density at radius 3 is 1.98 bits per heavy atom. The molecule has 296 valence electrons. The molecule has 0 spiro atoms. The van der Waals surface area contributed by atoms with Crippen molar-refractivity contribution in [2.75, 3.05) is 59.4 Å². The lowest BCUT2D eigenvalue weighted by molar-refractivity contribution is -0.265.